The third kappa shape index (κ3) is 7.87. The summed E-state index contributed by atoms with van der Waals surface area (Å²) in [6, 6.07) is 12.2. The number of amides is 2. The SMILES string of the molecule is CC(C)(C)OC(=O)NCCc1ccc(NC(=O)Oc2ccc([N+](=O)[O-])cc2)cc1. The van der Waals surface area contributed by atoms with E-state index in [2.05, 4.69) is 10.6 Å². The average Bonchev–Trinajstić information content (AvgIpc) is 2.62. The zero-order valence-electron chi connectivity index (χ0n) is 16.4. The predicted molar refractivity (Wildman–Crippen MR) is 107 cm³/mol. The van der Waals surface area contributed by atoms with Gasteiger partial charge < -0.3 is 14.8 Å². The average molecular weight is 401 g/mol. The van der Waals surface area contributed by atoms with Gasteiger partial charge in [-0.15, -0.1) is 0 Å². The Labute approximate surface area is 168 Å². The van der Waals surface area contributed by atoms with E-state index in [4.69, 9.17) is 9.47 Å². The molecule has 0 aliphatic rings. The second-order valence-electron chi connectivity index (χ2n) is 7.14. The first-order chi connectivity index (χ1) is 13.6. The zero-order chi connectivity index (χ0) is 21.4. The molecule has 0 aliphatic carbocycles. The van der Waals surface area contributed by atoms with Crippen molar-refractivity contribution in [3.05, 3.63) is 64.2 Å². The molecule has 0 spiro atoms. The van der Waals surface area contributed by atoms with E-state index < -0.39 is 22.7 Å². The first-order valence-electron chi connectivity index (χ1n) is 8.91. The Kier molecular flexibility index (Phi) is 7.13. The van der Waals surface area contributed by atoms with Gasteiger partial charge in [-0.25, -0.2) is 9.59 Å². The van der Waals surface area contributed by atoms with Crippen LogP contribution in [-0.2, 0) is 11.2 Å². The maximum Gasteiger partial charge on any atom is 0.417 e. The van der Waals surface area contributed by atoms with Gasteiger partial charge in [-0.2, -0.15) is 0 Å². The number of nitro benzene ring substituents is 1. The lowest BCUT2D eigenvalue weighted by Crippen LogP contribution is -2.33. The highest BCUT2D eigenvalue weighted by atomic mass is 16.6. The van der Waals surface area contributed by atoms with Crippen LogP contribution in [0.3, 0.4) is 0 Å². The van der Waals surface area contributed by atoms with Crippen molar-refractivity contribution in [2.75, 3.05) is 11.9 Å². The number of nitrogens with one attached hydrogen (secondary N) is 2. The third-order valence-electron chi connectivity index (χ3n) is 3.54. The Morgan fingerprint density at radius 3 is 2.17 bits per heavy atom. The van der Waals surface area contributed by atoms with Crippen LogP contribution in [0.2, 0.25) is 0 Å². The van der Waals surface area contributed by atoms with Gasteiger partial charge in [-0.3, -0.25) is 15.4 Å². The molecule has 0 saturated heterocycles. The van der Waals surface area contributed by atoms with Crippen LogP contribution in [0.4, 0.5) is 21.0 Å². The van der Waals surface area contributed by atoms with Crippen LogP contribution < -0.4 is 15.4 Å². The number of alkyl carbamates (subject to hydrolysis) is 1. The Hall–Kier alpha value is -3.62. The van der Waals surface area contributed by atoms with Gasteiger partial charge in [0.15, 0.2) is 0 Å². The van der Waals surface area contributed by atoms with E-state index in [0.29, 0.717) is 18.7 Å². The number of nitrogens with zero attached hydrogens (tertiary/aromatic N) is 1. The number of hydrogen-bond donors (Lipinski definition) is 2. The number of rotatable bonds is 6. The van der Waals surface area contributed by atoms with Crippen LogP contribution in [0.25, 0.3) is 0 Å². The molecule has 0 aromatic heterocycles. The number of carbonyl (C=O) groups is 2. The monoisotopic (exact) mass is 401 g/mol. The van der Waals surface area contributed by atoms with Gasteiger partial charge in [0.05, 0.1) is 4.92 Å². The van der Waals surface area contributed by atoms with Gasteiger partial charge in [-0.05, 0) is 57.0 Å². The van der Waals surface area contributed by atoms with Crippen molar-refractivity contribution in [2.24, 2.45) is 0 Å². The van der Waals surface area contributed by atoms with Crippen LogP contribution in [0.5, 0.6) is 5.75 Å². The van der Waals surface area contributed by atoms with Gasteiger partial charge in [-0.1, -0.05) is 12.1 Å². The normalized spacial score (nSPS) is 10.7. The first kappa shape index (κ1) is 21.7. The molecule has 2 N–H and O–H groups in total. The van der Waals surface area contributed by atoms with E-state index in [1.165, 1.54) is 24.3 Å². The molecule has 2 aromatic carbocycles. The zero-order valence-corrected chi connectivity index (χ0v) is 16.4. The van der Waals surface area contributed by atoms with Crippen molar-refractivity contribution in [1.29, 1.82) is 0 Å². The minimum atomic E-state index is -0.710. The number of benzene rings is 2. The van der Waals surface area contributed by atoms with Crippen molar-refractivity contribution >= 4 is 23.6 Å². The molecule has 154 valence electrons. The molecule has 2 amide bonds. The Morgan fingerprint density at radius 2 is 1.62 bits per heavy atom. The molecule has 2 aromatic rings. The lowest BCUT2D eigenvalue weighted by molar-refractivity contribution is -0.384. The van der Waals surface area contributed by atoms with Crippen LogP contribution in [0, 0.1) is 10.1 Å². The second-order valence-corrected chi connectivity index (χ2v) is 7.14. The van der Waals surface area contributed by atoms with E-state index in [-0.39, 0.29) is 11.4 Å². The molecule has 9 heteroatoms. The number of carbonyl (C=O) groups excluding carboxylic acids is 2. The fraction of sp³-hybridized carbons (Fsp3) is 0.300. The topological polar surface area (TPSA) is 120 Å². The smallest absolute Gasteiger partial charge is 0.417 e. The quantitative estimate of drug-likeness (QED) is 0.551. The molecule has 0 aliphatic heterocycles. The lowest BCUT2D eigenvalue weighted by atomic mass is 10.1. The van der Waals surface area contributed by atoms with E-state index in [1.54, 1.807) is 32.9 Å². The number of nitro groups is 1. The first-order valence-corrected chi connectivity index (χ1v) is 8.91. The Balaban J connectivity index is 1.78. The van der Waals surface area contributed by atoms with Gasteiger partial charge in [0.2, 0.25) is 0 Å². The summed E-state index contributed by atoms with van der Waals surface area (Å²) in [5.74, 6) is 0.193. The third-order valence-corrected chi connectivity index (χ3v) is 3.54. The highest BCUT2D eigenvalue weighted by Gasteiger charge is 2.15. The van der Waals surface area contributed by atoms with E-state index in [0.717, 1.165) is 5.56 Å². The van der Waals surface area contributed by atoms with Crippen LogP contribution in [-0.4, -0.2) is 29.3 Å². The summed E-state index contributed by atoms with van der Waals surface area (Å²) in [5, 5.41) is 15.9. The van der Waals surface area contributed by atoms with Crippen molar-refractivity contribution in [2.45, 2.75) is 32.8 Å². The minimum Gasteiger partial charge on any atom is -0.444 e. The molecule has 0 heterocycles. The summed E-state index contributed by atoms with van der Waals surface area (Å²) in [4.78, 5) is 33.6. The molecule has 0 fully saturated rings. The standard InChI is InChI=1S/C20H23N3O6/c1-20(2,3)29-18(24)21-13-12-14-4-6-15(7-5-14)22-19(25)28-17-10-8-16(9-11-17)23(26)27/h4-11H,12-13H2,1-3H3,(H,21,24)(H,22,25). The fourth-order valence-electron chi connectivity index (χ4n) is 2.26. The molecule has 0 atom stereocenters. The molecular formula is C20H23N3O6. The number of non-ortho nitro benzene ring substituents is 1. The molecule has 0 unspecified atom stereocenters. The molecule has 0 bridgehead atoms. The molecule has 9 nitrogen and oxygen atoms in total. The minimum absolute atomic E-state index is 0.0884. The van der Waals surface area contributed by atoms with Crippen molar-refractivity contribution < 1.29 is 24.0 Å². The molecule has 2 rings (SSSR count). The van der Waals surface area contributed by atoms with Crippen LogP contribution >= 0.6 is 0 Å². The molecule has 0 radical (unpaired) electrons. The molecular weight excluding hydrogens is 378 g/mol. The van der Waals surface area contributed by atoms with E-state index in [9.17, 15) is 19.7 Å². The van der Waals surface area contributed by atoms with Gasteiger partial charge >= 0.3 is 12.2 Å². The number of hydrogen-bond acceptors (Lipinski definition) is 6. The van der Waals surface area contributed by atoms with E-state index in [1.807, 2.05) is 12.1 Å². The summed E-state index contributed by atoms with van der Waals surface area (Å²) in [7, 11) is 0. The highest BCUT2D eigenvalue weighted by Crippen LogP contribution is 2.18. The van der Waals surface area contributed by atoms with Crippen molar-refractivity contribution in [3.8, 4) is 5.75 Å². The highest BCUT2D eigenvalue weighted by molar-refractivity contribution is 5.86. The second kappa shape index (κ2) is 9.54. The summed E-state index contributed by atoms with van der Waals surface area (Å²) >= 11 is 0. The summed E-state index contributed by atoms with van der Waals surface area (Å²) in [5.41, 5.74) is 0.867. The van der Waals surface area contributed by atoms with Crippen molar-refractivity contribution in [3.63, 3.8) is 0 Å². The molecule has 29 heavy (non-hydrogen) atoms. The fourth-order valence-corrected chi connectivity index (χ4v) is 2.26. The molecule has 0 saturated carbocycles. The van der Waals surface area contributed by atoms with Gasteiger partial charge in [0.1, 0.15) is 11.4 Å². The van der Waals surface area contributed by atoms with Gasteiger partial charge in [0.25, 0.3) is 5.69 Å². The summed E-state index contributed by atoms with van der Waals surface area (Å²) in [6.07, 6.45) is -0.574. The van der Waals surface area contributed by atoms with E-state index >= 15 is 0 Å². The van der Waals surface area contributed by atoms with Gasteiger partial charge in [0, 0.05) is 24.4 Å². The lowest BCUT2D eigenvalue weighted by Gasteiger charge is -2.19. The largest absolute Gasteiger partial charge is 0.444 e. The predicted octanol–water partition coefficient (Wildman–Crippen LogP) is 4.27. The number of anilines is 1. The van der Waals surface area contributed by atoms with Crippen LogP contribution in [0.15, 0.2) is 48.5 Å². The Morgan fingerprint density at radius 1 is 1.00 bits per heavy atom. The number of ether oxygens (including phenoxy) is 2. The van der Waals surface area contributed by atoms with Crippen LogP contribution in [0.1, 0.15) is 26.3 Å². The van der Waals surface area contributed by atoms with Crippen molar-refractivity contribution in [1.82, 2.24) is 5.32 Å². The Bertz CT molecular complexity index is 857. The summed E-state index contributed by atoms with van der Waals surface area (Å²) in [6.45, 7) is 5.81. The maximum atomic E-state index is 11.9. The summed E-state index contributed by atoms with van der Waals surface area (Å²) < 4.78 is 10.2. The maximum absolute atomic E-state index is 11.9.